The van der Waals surface area contributed by atoms with Crippen molar-refractivity contribution >= 4 is 0 Å². The van der Waals surface area contributed by atoms with E-state index >= 15 is 0 Å². The van der Waals surface area contributed by atoms with Gasteiger partial charge in [0.2, 0.25) is 0 Å². The molecule has 1 heteroatoms. The van der Waals surface area contributed by atoms with Crippen molar-refractivity contribution < 1.29 is 0 Å². The molecule has 2 fully saturated rings. The van der Waals surface area contributed by atoms with Gasteiger partial charge in [-0.05, 0) is 55.6 Å². The first-order chi connectivity index (χ1) is 9.33. The lowest BCUT2D eigenvalue weighted by molar-refractivity contribution is 0.280. The number of nitrogens with one attached hydrogen (secondary N) is 1. The summed E-state index contributed by atoms with van der Waals surface area (Å²) in [5.41, 5.74) is 3.02. The van der Waals surface area contributed by atoms with Crippen molar-refractivity contribution in [2.45, 2.75) is 70.4 Å². The van der Waals surface area contributed by atoms with Crippen LogP contribution in [0, 0.1) is 5.92 Å². The average Bonchev–Trinajstić information content (AvgIpc) is 3.31. The number of hydrogen-bond donors (Lipinski definition) is 1. The van der Waals surface area contributed by atoms with Crippen molar-refractivity contribution in [2.24, 2.45) is 5.92 Å². The third kappa shape index (κ3) is 3.60. The van der Waals surface area contributed by atoms with Gasteiger partial charge in [0.25, 0.3) is 0 Å². The van der Waals surface area contributed by atoms with E-state index in [4.69, 9.17) is 0 Å². The van der Waals surface area contributed by atoms with Gasteiger partial charge in [-0.2, -0.15) is 0 Å². The average molecular weight is 257 g/mol. The summed E-state index contributed by atoms with van der Waals surface area (Å²) in [5, 5.41) is 3.76. The fourth-order valence-electron chi connectivity index (χ4n) is 3.45. The van der Waals surface area contributed by atoms with Crippen molar-refractivity contribution in [2.75, 3.05) is 0 Å². The zero-order chi connectivity index (χ0) is 13.1. The molecule has 3 rings (SSSR count). The van der Waals surface area contributed by atoms with Gasteiger partial charge in [0, 0.05) is 12.6 Å². The molecule has 0 spiro atoms. The highest BCUT2D eigenvalue weighted by molar-refractivity contribution is 5.29. The zero-order valence-corrected chi connectivity index (χ0v) is 12.2. The first kappa shape index (κ1) is 13.2. The summed E-state index contributed by atoms with van der Waals surface area (Å²) < 4.78 is 0. The van der Waals surface area contributed by atoms with Crippen molar-refractivity contribution in [1.29, 1.82) is 0 Å². The van der Waals surface area contributed by atoms with Gasteiger partial charge in [0.1, 0.15) is 0 Å². The molecule has 0 heterocycles. The molecule has 1 nitrogen and oxygen atoms in total. The SMILES string of the molecule is CC(NCc1cccc(C2CC2)c1)C1CCCCC1. The molecule has 0 bridgehead atoms. The summed E-state index contributed by atoms with van der Waals surface area (Å²) in [4.78, 5) is 0. The van der Waals surface area contributed by atoms with Crippen molar-refractivity contribution in [3.63, 3.8) is 0 Å². The maximum atomic E-state index is 3.76. The molecule has 1 unspecified atom stereocenters. The first-order valence-corrected chi connectivity index (χ1v) is 8.15. The van der Waals surface area contributed by atoms with Gasteiger partial charge in [-0.15, -0.1) is 0 Å². The molecule has 0 aromatic heterocycles. The lowest BCUT2D eigenvalue weighted by Crippen LogP contribution is -2.34. The lowest BCUT2D eigenvalue weighted by atomic mass is 9.84. The Morgan fingerprint density at radius 2 is 1.89 bits per heavy atom. The highest BCUT2D eigenvalue weighted by Crippen LogP contribution is 2.40. The van der Waals surface area contributed by atoms with Crippen LogP contribution >= 0.6 is 0 Å². The summed E-state index contributed by atoms with van der Waals surface area (Å²) in [6.07, 6.45) is 9.98. The van der Waals surface area contributed by atoms with E-state index < -0.39 is 0 Å². The van der Waals surface area contributed by atoms with Crippen LogP contribution in [0.3, 0.4) is 0 Å². The largest absolute Gasteiger partial charge is 0.310 e. The van der Waals surface area contributed by atoms with E-state index in [-0.39, 0.29) is 0 Å². The predicted molar refractivity (Wildman–Crippen MR) is 81.3 cm³/mol. The highest BCUT2D eigenvalue weighted by Gasteiger charge is 2.23. The normalized spacial score (nSPS) is 22.4. The van der Waals surface area contributed by atoms with Crippen LogP contribution in [0.2, 0.25) is 0 Å². The molecule has 0 saturated heterocycles. The second kappa shape index (κ2) is 6.09. The molecule has 104 valence electrons. The smallest absolute Gasteiger partial charge is 0.0208 e. The topological polar surface area (TPSA) is 12.0 Å². The predicted octanol–water partition coefficient (Wildman–Crippen LogP) is 4.62. The maximum absolute atomic E-state index is 3.76. The van der Waals surface area contributed by atoms with Crippen LogP contribution in [0.25, 0.3) is 0 Å². The third-order valence-corrected chi connectivity index (χ3v) is 4.98. The van der Waals surface area contributed by atoms with Gasteiger partial charge < -0.3 is 5.32 Å². The third-order valence-electron chi connectivity index (χ3n) is 4.98. The number of rotatable bonds is 5. The minimum Gasteiger partial charge on any atom is -0.310 e. The summed E-state index contributed by atoms with van der Waals surface area (Å²) in [7, 11) is 0. The van der Waals surface area contributed by atoms with E-state index in [2.05, 4.69) is 36.5 Å². The monoisotopic (exact) mass is 257 g/mol. The van der Waals surface area contributed by atoms with E-state index in [1.165, 1.54) is 50.5 Å². The van der Waals surface area contributed by atoms with Crippen LogP contribution in [0.1, 0.15) is 68.9 Å². The van der Waals surface area contributed by atoms with Crippen LogP contribution in [-0.4, -0.2) is 6.04 Å². The molecule has 2 aliphatic rings. The second-order valence-electron chi connectivity index (χ2n) is 6.59. The Labute approximate surface area is 117 Å². The van der Waals surface area contributed by atoms with Crippen LogP contribution in [0.4, 0.5) is 0 Å². The molecule has 2 aliphatic carbocycles. The van der Waals surface area contributed by atoms with Gasteiger partial charge >= 0.3 is 0 Å². The second-order valence-corrected chi connectivity index (χ2v) is 6.59. The van der Waals surface area contributed by atoms with E-state index in [0.717, 1.165) is 18.4 Å². The summed E-state index contributed by atoms with van der Waals surface area (Å²) >= 11 is 0. The molecular formula is C18H27N. The Morgan fingerprint density at radius 1 is 1.11 bits per heavy atom. The lowest BCUT2D eigenvalue weighted by Gasteiger charge is -2.28. The summed E-state index contributed by atoms with van der Waals surface area (Å²) in [6, 6.07) is 9.89. The van der Waals surface area contributed by atoms with Crippen LogP contribution < -0.4 is 5.32 Å². The fourth-order valence-corrected chi connectivity index (χ4v) is 3.45. The molecule has 1 aromatic carbocycles. The number of hydrogen-bond acceptors (Lipinski definition) is 1. The fraction of sp³-hybridized carbons (Fsp3) is 0.667. The Bertz CT molecular complexity index is 402. The first-order valence-electron chi connectivity index (χ1n) is 8.15. The van der Waals surface area contributed by atoms with Gasteiger partial charge in [-0.25, -0.2) is 0 Å². The quantitative estimate of drug-likeness (QED) is 0.811. The minimum absolute atomic E-state index is 0.671. The molecule has 1 aromatic rings. The summed E-state index contributed by atoms with van der Waals surface area (Å²) in [6.45, 7) is 3.42. The molecule has 1 atom stereocenters. The molecule has 0 aliphatic heterocycles. The molecule has 2 saturated carbocycles. The molecule has 0 amide bonds. The molecule has 0 radical (unpaired) electrons. The Balaban J connectivity index is 1.51. The highest BCUT2D eigenvalue weighted by atomic mass is 14.9. The van der Waals surface area contributed by atoms with Gasteiger partial charge in [-0.3, -0.25) is 0 Å². The Kier molecular flexibility index (Phi) is 4.22. The van der Waals surface area contributed by atoms with Crippen LogP contribution in [0.5, 0.6) is 0 Å². The van der Waals surface area contributed by atoms with E-state index in [1.54, 1.807) is 5.56 Å². The Morgan fingerprint density at radius 3 is 2.63 bits per heavy atom. The van der Waals surface area contributed by atoms with Crippen LogP contribution in [-0.2, 0) is 6.54 Å². The molecular weight excluding hydrogens is 230 g/mol. The zero-order valence-electron chi connectivity index (χ0n) is 12.2. The number of benzene rings is 1. The van der Waals surface area contributed by atoms with E-state index in [1.807, 2.05) is 0 Å². The standard InChI is InChI=1S/C18H27N/c1-14(16-7-3-2-4-8-16)19-13-15-6-5-9-18(12-15)17-10-11-17/h5-6,9,12,14,16-17,19H,2-4,7-8,10-11,13H2,1H3. The van der Waals surface area contributed by atoms with Crippen molar-refractivity contribution in [3.8, 4) is 0 Å². The van der Waals surface area contributed by atoms with Crippen molar-refractivity contribution in [3.05, 3.63) is 35.4 Å². The van der Waals surface area contributed by atoms with E-state index in [0.29, 0.717) is 6.04 Å². The Hall–Kier alpha value is -0.820. The maximum Gasteiger partial charge on any atom is 0.0208 e. The molecule has 19 heavy (non-hydrogen) atoms. The molecule has 1 N–H and O–H groups in total. The van der Waals surface area contributed by atoms with Gasteiger partial charge in [-0.1, -0.05) is 43.5 Å². The summed E-state index contributed by atoms with van der Waals surface area (Å²) in [5.74, 6) is 1.77. The minimum atomic E-state index is 0.671. The van der Waals surface area contributed by atoms with Crippen LogP contribution in [0.15, 0.2) is 24.3 Å². The van der Waals surface area contributed by atoms with Gasteiger partial charge in [0.05, 0.1) is 0 Å². The van der Waals surface area contributed by atoms with Gasteiger partial charge in [0.15, 0.2) is 0 Å². The van der Waals surface area contributed by atoms with E-state index in [9.17, 15) is 0 Å². The van der Waals surface area contributed by atoms with Crippen molar-refractivity contribution in [1.82, 2.24) is 5.32 Å².